The minimum atomic E-state index is -0.465. The van der Waals surface area contributed by atoms with Crippen molar-refractivity contribution in [3.8, 4) is 0 Å². The molecule has 0 bridgehead atoms. The number of hydrogen-bond acceptors (Lipinski definition) is 4. The maximum atomic E-state index is 11.3. The van der Waals surface area contributed by atoms with Gasteiger partial charge < -0.3 is 20.5 Å². The zero-order valence-corrected chi connectivity index (χ0v) is 11.5. The lowest BCUT2D eigenvalue weighted by Crippen LogP contribution is -2.41. The van der Waals surface area contributed by atoms with E-state index in [1.807, 2.05) is 27.7 Å². The highest BCUT2D eigenvalue weighted by molar-refractivity contribution is 5.67. The Bertz CT molecular complexity index is 224. The molecule has 0 rings (SSSR count). The van der Waals surface area contributed by atoms with Crippen LogP contribution in [0.1, 0.15) is 41.0 Å². The van der Waals surface area contributed by atoms with Gasteiger partial charge in [-0.3, -0.25) is 0 Å². The molecule has 1 amide bonds. The second-order valence-electron chi connectivity index (χ2n) is 5.38. The van der Waals surface area contributed by atoms with E-state index in [0.717, 1.165) is 6.54 Å². The second-order valence-corrected chi connectivity index (χ2v) is 5.38. The SMILES string of the molecule is CC(O)CCNC(C)CNC(=O)OC(C)(C)C. The van der Waals surface area contributed by atoms with Gasteiger partial charge in [0.25, 0.3) is 0 Å². The Labute approximate surface area is 104 Å². The van der Waals surface area contributed by atoms with E-state index < -0.39 is 11.7 Å². The summed E-state index contributed by atoms with van der Waals surface area (Å²) in [5.74, 6) is 0. The molecule has 102 valence electrons. The van der Waals surface area contributed by atoms with Crippen molar-refractivity contribution in [2.24, 2.45) is 0 Å². The third-order valence-corrected chi connectivity index (χ3v) is 2.01. The fourth-order valence-electron chi connectivity index (χ4n) is 1.16. The average molecular weight is 246 g/mol. The molecule has 0 radical (unpaired) electrons. The topological polar surface area (TPSA) is 70.6 Å². The predicted octanol–water partition coefficient (Wildman–Crippen LogP) is 1.26. The van der Waals surface area contributed by atoms with E-state index in [1.54, 1.807) is 6.92 Å². The Morgan fingerprint density at radius 2 is 1.94 bits per heavy atom. The predicted molar refractivity (Wildman–Crippen MR) is 68.0 cm³/mol. The maximum Gasteiger partial charge on any atom is 0.407 e. The van der Waals surface area contributed by atoms with Crippen LogP contribution in [-0.4, -0.2) is 42.0 Å². The molecule has 0 aromatic carbocycles. The summed E-state index contributed by atoms with van der Waals surface area (Å²) in [4.78, 5) is 11.3. The minimum absolute atomic E-state index is 0.154. The Kier molecular flexibility index (Phi) is 7.15. The number of alkyl carbamates (subject to hydrolysis) is 1. The fourth-order valence-corrected chi connectivity index (χ4v) is 1.16. The van der Waals surface area contributed by atoms with E-state index in [9.17, 15) is 4.79 Å². The number of carbonyl (C=O) groups is 1. The molecular formula is C12H26N2O3. The lowest BCUT2D eigenvalue weighted by atomic mass is 10.2. The van der Waals surface area contributed by atoms with Gasteiger partial charge in [-0.1, -0.05) is 0 Å². The average Bonchev–Trinajstić information content (AvgIpc) is 2.11. The van der Waals surface area contributed by atoms with Crippen LogP contribution in [0, 0.1) is 0 Å². The summed E-state index contributed by atoms with van der Waals surface area (Å²) >= 11 is 0. The molecular weight excluding hydrogens is 220 g/mol. The largest absolute Gasteiger partial charge is 0.444 e. The number of nitrogens with one attached hydrogen (secondary N) is 2. The van der Waals surface area contributed by atoms with Crippen LogP contribution in [0.3, 0.4) is 0 Å². The van der Waals surface area contributed by atoms with E-state index in [2.05, 4.69) is 10.6 Å². The lowest BCUT2D eigenvalue weighted by molar-refractivity contribution is 0.0523. The molecule has 5 heteroatoms. The van der Waals surface area contributed by atoms with Crippen molar-refractivity contribution < 1.29 is 14.6 Å². The van der Waals surface area contributed by atoms with Gasteiger partial charge in [0.2, 0.25) is 0 Å². The van der Waals surface area contributed by atoms with Crippen molar-refractivity contribution in [2.45, 2.75) is 58.8 Å². The van der Waals surface area contributed by atoms with Crippen molar-refractivity contribution in [3.05, 3.63) is 0 Å². The quantitative estimate of drug-likeness (QED) is 0.660. The summed E-state index contributed by atoms with van der Waals surface area (Å²) < 4.78 is 5.11. The zero-order chi connectivity index (χ0) is 13.5. The van der Waals surface area contributed by atoms with Gasteiger partial charge in [-0.2, -0.15) is 0 Å². The molecule has 0 saturated heterocycles. The van der Waals surface area contributed by atoms with Crippen LogP contribution in [0.4, 0.5) is 4.79 Å². The molecule has 0 aromatic heterocycles. The number of rotatable bonds is 6. The summed E-state index contributed by atoms with van der Waals surface area (Å²) in [5, 5.41) is 15.0. The molecule has 0 aliphatic rings. The zero-order valence-electron chi connectivity index (χ0n) is 11.5. The van der Waals surface area contributed by atoms with Crippen molar-refractivity contribution in [3.63, 3.8) is 0 Å². The minimum Gasteiger partial charge on any atom is -0.444 e. The summed E-state index contributed by atoms with van der Waals surface area (Å²) in [7, 11) is 0. The number of amides is 1. The number of ether oxygens (including phenoxy) is 1. The van der Waals surface area contributed by atoms with Gasteiger partial charge in [0.1, 0.15) is 5.60 Å². The molecule has 2 atom stereocenters. The van der Waals surface area contributed by atoms with Crippen LogP contribution in [0.2, 0.25) is 0 Å². The molecule has 0 fully saturated rings. The van der Waals surface area contributed by atoms with Gasteiger partial charge >= 0.3 is 6.09 Å². The highest BCUT2D eigenvalue weighted by atomic mass is 16.6. The van der Waals surface area contributed by atoms with Gasteiger partial charge in [-0.25, -0.2) is 4.79 Å². The Morgan fingerprint density at radius 3 is 2.41 bits per heavy atom. The van der Waals surface area contributed by atoms with Crippen molar-refractivity contribution in [1.29, 1.82) is 0 Å². The van der Waals surface area contributed by atoms with Crippen LogP contribution in [-0.2, 0) is 4.74 Å². The summed E-state index contributed by atoms with van der Waals surface area (Å²) in [6.45, 7) is 10.5. The highest BCUT2D eigenvalue weighted by Gasteiger charge is 2.16. The molecule has 0 aliphatic heterocycles. The fraction of sp³-hybridized carbons (Fsp3) is 0.917. The third-order valence-electron chi connectivity index (χ3n) is 2.01. The van der Waals surface area contributed by atoms with E-state index in [4.69, 9.17) is 9.84 Å². The van der Waals surface area contributed by atoms with E-state index in [1.165, 1.54) is 0 Å². The second kappa shape index (κ2) is 7.50. The van der Waals surface area contributed by atoms with Crippen molar-refractivity contribution in [1.82, 2.24) is 10.6 Å². The molecule has 2 unspecified atom stereocenters. The van der Waals surface area contributed by atoms with Crippen LogP contribution < -0.4 is 10.6 Å². The van der Waals surface area contributed by atoms with Gasteiger partial charge in [0.05, 0.1) is 6.10 Å². The molecule has 5 nitrogen and oxygen atoms in total. The van der Waals surface area contributed by atoms with E-state index in [0.29, 0.717) is 13.0 Å². The van der Waals surface area contributed by atoms with Crippen LogP contribution >= 0.6 is 0 Å². The number of aliphatic hydroxyl groups excluding tert-OH is 1. The standard InChI is InChI=1S/C12H26N2O3/c1-9(13-7-6-10(2)15)8-14-11(16)17-12(3,4)5/h9-10,13,15H,6-8H2,1-5H3,(H,14,16). The van der Waals surface area contributed by atoms with E-state index >= 15 is 0 Å². The smallest absolute Gasteiger partial charge is 0.407 e. The molecule has 0 aromatic rings. The summed E-state index contributed by atoms with van der Waals surface area (Å²) in [5.41, 5.74) is -0.465. The molecule has 0 aliphatic carbocycles. The molecule has 0 spiro atoms. The van der Waals surface area contributed by atoms with E-state index in [-0.39, 0.29) is 12.1 Å². The van der Waals surface area contributed by atoms with Crippen LogP contribution in [0.25, 0.3) is 0 Å². The Hall–Kier alpha value is -0.810. The lowest BCUT2D eigenvalue weighted by Gasteiger charge is -2.21. The Balaban J connectivity index is 3.62. The monoisotopic (exact) mass is 246 g/mol. The van der Waals surface area contributed by atoms with Gasteiger partial charge in [0.15, 0.2) is 0 Å². The Morgan fingerprint density at radius 1 is 1.35 bits per heavy atom. The number of aliphatic hydroxyl groups is 1. The van der Waals surface area contributed by atoms with Crippen LogP contribution in [0.5, 0.6) is 0 Å². The molecule has 0 saturated carbocycles. The van der Waals surface area contributed by atoms with Gasteiger partial charge in [-0.15, -0.1) is 0 Å². The van der Waals surface area contributed by atoms with Gasteiger partial charge in [-0.05, 0) is 47.6 Å². The first-order valence-corrected chi connectivity index (χ1v) is 6.09. The third kappa shape index (κ3) is 11.5. The first kappa shape index (κ1) is 16.2. The van der Waals surface area contributed by atoms with Crippen LogP contribution in [0.15, 0.2) is 0 Å². The first-order chi connectivity index (χ1) is 7.70. The molecule has 0 heterocycles. The first-order valence-electron chi connectivity index (χ1n) is 6.09. The summed E-state index contributed by atoms with van der Waals surface area (Å²) in [6.07, 6.45) is 0.00624. The number of carbonyl (C=O) groups excluding carboxylic acids is 1. The highest BCUT2D eigenvalue weighted by Crippen LogP contribution is 2.06. The van der Waals surface area contributed by atoms with Crippen molar-refractivity contribution in [2.75, 3.05) is 13.1 Å². The van der Waals surface area contributed by atoms with Crippen molar-refractivity contribution >= 4 is 6.09 Å². The number of hydrogen-bond donors (Lipinski definition) is 3. The normalized spacial score (nSPS) is 15.2. The summed E-state index contributed by atoms with van der Waals surface area (Å²) in [6, 6.07) is 0.154. The molecule has 17 heavy (non-hydrogen) atoms. The maximum absolute atomic E-state index is 11.3. The molecule has 3 N–H and O–H groups in total. The van der Waals surface area contributed by atoms with Gasteiger partial charge in [0, 0.05) is 12.6 Å².